The van der Waals surface area contributed by atoms with Crippen LogP contribution in [0.2, 0.25) is 0 Å². The zero-order chi connectivity index (χ0) is 24.6. The molecular formula is C30H48O4. The van der Waals surface area contributed by atoms with Gasteiger partial charge in [0, 0.05) is 16.2 Å². The van der Waals surface area contributed by atoms with Crippen LogP contribution in [0.4, 0.5) is 0 Å². The summed E-state index contributed by atoms with van der Waals surface area (Å²) in [4.78, 5) is 12.2. The van der Waals surface area contributed by atoms with E-state index in [-0.39, 0.29) is 56.2 Å². The third-order valence-electron chi connectivity index (χ3n) is 14.3. The van der Waals surface area contributed by atoms with E-state index in [4.69, 9.17) is 4.74 Å². The van der Waals surface area contributed by atoms with Crippen LogP contribution in [-0.2, 0) is 9.53 Å². The van der Waals surface area contributed by atoms with Gasteiger partial charge in [-0.3, -0.25) is 0 Å². The summed E-state index contributed by atoms with van der Waals surface area (Å²) in [6.45, 7) is 15.0. The fraction of sp³-hybridized carbons (Fsp3) is 0.967. The highest BCUT2D eigenvalue weighted by Gasteiger charge is 2.80. The topological polar surface area (TPSA) is 66.8 Å². The van der Waals surface area contributed by atoms with Gasteiger partial charge in [-0.1, -0.05) is 41.5 Å². The van der Waals surface area contributed by atoms with Gasteiger partial charge in [0.1, 0.15) is 6.29 Å². The van der Waals surface area contributed by atoms with Gasteiger partial charge in [-0.2, -0.15) is 0 Å². The molecule has 4 heteroatoms. The summed E-state index contributed by atoms with van der Waals surface area (Å²) in [5.74, 6) is 1.38. The van der Waals surface area contributed by atoms with Gasteiger partial charge in [0.25, 0.3) is 0 Å². The van der Waals surface area contributed by atoms with Crippen molar-refractivity contribution >= 4 is 6.29 Å². The van der Waals surface area contributed by atoms with Crippen LogP contribution in [0.3, 0.4) is 0 Å². The van der Waals surface area contributed by atoms with Crippen molar-refractivity contribution in [1.29, 1.82) is 0 Å². The predicted molar refractivity (Wildman–Crippen MR) is 132 cm³/mol. The van der Waals surface area contributed by atoms with E-state index in [0.29, 0.717) is 18.4 Å². The maximum Gasteiger partial charge on any atom is 0.125 e. The third kappa shape index (κ3) is 2.41. The van der Waals surface area contributed by atoms with Gasteiger partial charge in [0.05, 0.1) is 24.4 Å². The molecule has 1 aliphatic heterocycles. The Morgan fingerprint density at radius 3 is 2.18 bits per heavy atom. The van der Waals surface area contributed by atoms with Crippen LogP contribution in [0.15, 0.2) is 0 Å². The molecule has 2 N–H and O–H groups in total. The Kier molecular flexibility index (Phi) is 4.71. The minimum absolute atomic E-state index is 0.0510. The van der Waals surface area contributed by atoms with Crippen molar-refractivity contribution in [1.82, 2.24) is 0 Å². The highest BCUT2D eigenvalue weighted by molar-refractivity contribution is 5.59. The predicted octanol–water partition coefficient (Wildman–Crippen LogP) is 5.53. The zero-order valence-electron chi connectivity index (χ0n) is 22.5. The molecule has 5 saturated carbocycles. The molecule has 0 radical (unpaired) electrons. The fourth-order valence-corrected chi connectivity index (χ4v) is 12.0. The molecule has 1 heterocycles. The molecule has 2 bridgehead atoms. The molecule has 1 spiro atoms. The van der Waals surface area contributed by atoms with Gasteiger partial charge in [0.15, 0.2) is 0 Å². The van der Waals surface area contributed by atoms with Gasteiger partial charge < -0.3 is 19.7 Å². The van der Waals surface area contributed by atoms with Crippen LogP contribution in [0.5, 0.6) is 0 Å². The van der Waals surface area contributed by atoms with Crippen molar-refractivity contribution in [2.45, 2.75) is 124 Å². The second kappa shape index (κ2) is 6.70. The maximum atomic E-state index is 12.2. The largest absolute Gasteiger partial charge is 0.393 e. The Morgan fingerprint density at radius 2 is 1.47 bits per heavy atom. The molecule has 6 rings (SSSR count). The number of fused-ring (bicyclic) bond motifs is 4. The molecule has 11 atom stereocenters. The van der Waals surface area contributed by atoms with Gasteiger partial charge in [-0.15, -0.1) is 0 Å². The van der Waals surface area contributed by atoms with E-state index in [9.17, 15) is 15.0 Å². The number of hydrogen-bond acceptors (Lipinski definition) is 4. The van der Waals surface area contributed by atoms with Crippen molar-refractivity contribution in [2.24, 2.45) is 50.2 Å². The smallest absolute Gasteiger partial charge is 0.125 e. The number of ether oxygens (including phenoxy) is 1. The SMILES string of the molecule is CC1(C)[C@@H](O)CC[C@]2(C)[C@H]3CC[C@]45OC[C@@]6(CC[C@](C)(C=O)C[C@H]64)[C@H](O)C[C@@]5(C)[C@]3(C)CC[C@@H]12. The van der Waals surface area contributed by atoms with E-state index < -0.39 is 0 Å². The number of aliphatic hydroxyl groups is 2. The number of rotatable bonds is 1. The molecular weight excluding hydrogens is 424 g/mol. The summed E-state index contributed by atoms with van der Waals surface area (Å²) in [6, 6.07) is 0. The first-order chi connectivity index (χ1) is 15.7. The van der Waals surface area contributed by atoms with E-state index in [1.807, 2.05) is 0 Å². The average molecular weight is 473 g/mol. The van der Waals surface area contributed by atoms with Crippen LogP contribution in [0.25, 0.3) is 0 Å². The second-order valence-corrected chi connectivity index (χ2v) is 15.5. The number of carbonyl (C=O) groups is 1. The molecule has 0 aromatic heterocycles. The maximum absolute atomic E-state index is 12.2. The fourth-order valence-electron chi connectivity index (χ4n) is 12.0. The van der Waals surface area contributed by atoms with Crippen molar-refractivity contribution in [3.63, 3.8) is 0 Å². The lowest BCUT2D eigenvalue weighted by molar-refractivity contribution is -0.297. The molecule has 6 fully saturated rings. The first-order valence-corrected chi connectivity index (χ1v) is 14.2. The van der Waals surface area contributed by atoms with Crippen LogP contribution < -0.4 is 0 Å². The first-order valence-electron chi connectivity index (χ1n) is 14.2. The van der Waals surface area contributed by atoms with Gasteiger partial charge in [-0.05, 0) is 98.2 Å². The number of aldehydes is 1. The quantitative estimate of drug-likeness (QED) is 0.492. The van der Waals surface area contributed by atoms with Crippen molar-refractivity contribution in [3.8, 4) is 0 Å². The van der Waals surface area contributed by atoms with Crippen molar-refractivity contribution in [2.75, 3.05) is 6.61 Å². The molecule has 0 aromatic rings. The lowest BCUT2D eigenvalue weighted by Crippen LogP contribution is -2.73. The molecule has 0 amide bonds. The molecule has 5 aliphatic carbocycles. The highest BCUT2D eigenvalue weighted by atomic mass is 16.5. The van der Waals surface area contributed by atoms with Gasteiger partial charge >= 0.3 is 0 Å². The lowest BCUT2D eigenvalue weighted by Gasteiger charge is -2.75. The molecule has 1 saturated heterocycles. The summed E-state index contributed by atoms with van der Waals surface area (Å²) in [7, 11) is 0. The Labute approximate surface area is 206 Å². The molecule has 34 heavy (non-hydrogen) atoms. The molecule has 0 unspecified atom stereocenters. The molecule has 0 aromatic carbocycles. The minimum atomic E-state index is -0.347. The lowest BCUT2D eigenvalue weighted by atomic mass is 9.30. The van der Waals surface area contributed by atoms with Crippen LogP contribution in [0, 0.1) is 50.2 Å². The molecule has 192 valence electrons. The monoisotopic (exact) mass is 472 g/mol. The van der Waals surface area contributed by atoms with Crippen molar-refractivity contribution in [3.05, 3.63) is 0 Å². The number of aliphatic hydroxyl groups excluding tert-OH is 2. The second-order valence-electron chi connectivity index (χ2n) is 15.5. The van der Waals surface area contributed by atoms with Crippen molar-refractivity contribution < 1.29 is 19.7 Å². The van der Waals surface area contributed by atoms with Crippen LogP contribution in [0.1, 0.15) is 106 Å². The Bertz CT molecular complexity index is 900. The van der Waals surface area contributed by atoms with E-state index in [1.54, 1.807) is 0 Å². The number of hydrogen-bond donors (Lipinski definition) is 2. The third-order valence-corrected chi connectivity index (χ3v) is 14.3. The highest BCUT2D eigenvalue weighted by Crippen LogP contribution is 2.80. The minimum Gasteiger partial charge on any atom is -0.393 e. The van der Waals surface area contributed by atoms with E-state index in [0.717, 1.165) is 57.8 Å². The van der Waals surface area contributed by atoms with E-state index >= 15 is 0 Å². The summed E-state index contributed by atoms with van der Waals surface area (Å²) in [5.41, 5.74) is -0.549. The summed E-state index contributed by atoms with van der Waals surface area (Å²) < 4.78 is 7.04. The number of carbonyl (C=O) groups excluding carboxylic acids is 1. The average Bonchev–Trinajstić information content (AvgIpc) is 3.05. The standard InChI is InChI=1S/C30H48O4/c1-24(2)19-7-11-27(5)20(26(19,4)10-9-22(24)32)8-12-30-21-15-25(3,17-31)13-14-29(21,18-34-30)23(33)16-28(27,30)6/h17,19-23,32-33H,7-16,18H2,1-6H3/t19-,20+,21+,22-,23+,25-,26-,27+,28-,29+,30-/m0/s1. The Hall–Kier alpha value is -0.450. The van der Waals surface area contributed by atoms with Crippen LogP contribution in [-0.4, -0.2) is 40.9 Å². The normalized spacial score (nSPS) is 62.1. The zero-order valence-corrected chi connectivity index (χ0v) is 22.5. The Balaban J connectivity index is 1.45. The van der Waals surface area contributed by atoms with Gasteiger partial charge in [0.2, 0.25) is 0 Å². The summed E-state index contributed by atoms with van der Waals surface area (Å²) in [5, 5.41) is 22.8. The Morgan fingerprint density at radius 1 is 0.765 bits per heavy atom. The first kappa shape index (κ1) is 23.9. The van der Waals surface area contributed by atoms with E-state index in [1.165, 1.54) is 12.7 Å². The molecule has 4 nitrogen and oxygen atoms in total. The van der Waals surface area contributed by atoms with Crippen LogP contribution >= 0.6 is 0 Å². The van der Waals surface area contributed by atoms with E-state index in [2.05, 4.69) is 41.5 Å². The summed E-state index contributed by atoms with van der Waals surface area (Å²) >= 11 is 0. The molecule has 6 aliphatic rings. The van der Waals surface area contributed by atoms with Gasteiger partial charge in [-0.25, -0.2) is 0 Å². The summed E-state index contributed by atoms with van der Waals surface area (Å²) in [6.07, 6.45) is 10.7.